The lowest BCUT2D eigenvalue weighted by Gasteiger charge is -2.46. The molecule has 2 saturated heterocycles. The van der Waals surface area contributed by atoms with Gasteiger partial charge in [0.05, 0.1) is 12.2 Å². The van der Waals surface area contributed by atoms with Gasteiger partial charge in [-0.1, -0.05) is 13.8 Å². The molecule has 0 radical (unpaired) electrons. The Labute approximate surface area is 130 Å². The van der Waals surface area contributed by atoms with E-state index in [1.165, 1.54) is 32.2 Å². The molecule has 21 heavy (non-hydrogen) atoms. The van der Waals surface area contributed by atoms with Crippen LogP contribution in [-0.4, -0.2) is 63.0 Å². The lowest BCUT2D eigenvalue weighted by atomic mass is 9.80. The third-order valence-electron chi connectivity index (χ3n) is 5.08. The van der Waals surface area contributed by atoms with Crippen molar-refractivity contribution in [1.82, 2.24) is 10.2 Å². The van der Waals surface area contributed by atoms with Crippen LogP contribution in [0.3, 0.4) is 0 Å². The van der Waals surface area contributed by atoms with Crippen LogP contribution in [0.15, 0.2) is 0 Å². The number of nitrogens with zero attached hydrogens (tertiary/aromatic N) is 1. The van der Waals surface area contributed by atoms with E-state index < -0.39 is 0 Å². The van der Waals surface area contributed by atoms with Crippen LogP contribution < -0.4 is 5.32 Å². The SMILES string of the molecule is COC1(C)CCCN(CC2(CNC(C)C)CCCOC2)C1. The van der Waals surface area contributed by atoms with E-state index >= 15 is 0 Å². The first-order chi connectivity index (χ1) is 9.97. The molecule has 0 bridgehead atoms. The fourth-order valence-electron chi connectivity index (χ4n) is 3.73. The fourth-order valence-corrected chi connectivity index (χ4v) is 3.73. The van der Waals surface area contributed by atoms with Gasteiger partial charge in [0.25, 0.3) is 0 Å². The lowest BCUT2D eigenvalue weighted by Crippen LogP contribution is -2.55. The van der Waals surface area contributed by atoms with Gasteiger partial charge in [0.2, 0.25) is 0 Å². The molecule has 2 heterocycles. The summed E-state index contributed by atoms with van der Waals surface area (Å²) in [5.74, 6) is 0. The molecule has 2 unspecified atom stereocenters. The van der Waals surface area contributed by atoms with E-state index in [4.69, 9.17) is 9.47 Å². The molecular formula is C17H34N2O2. The number of nitrogens with one attached hydrogen (secondary N) is 1. The zero-order valence-corrected chi connectivity index (χ0v) is 14.4. The first kappa shape index (κ1) is 17.2. The summed E-state index contributed by atoms with van der Waals surface area (Å²) in [5, 5.41) is 3.64. The minimum absolute atomic E-state index is 0.0282. The molecule has 2 rings (SSSR count). The second-order valence-corrected chi connectivity index (χ2v) is 7.66. The van der Waals surface area contributed by atoms with Crippen molar-refractivity contribution >= 4 is 0 Å². The third kappa shape index (κ3) is 4.92. The third-order valence-corrected chi connectivity index (χ3v) is 5.08. The standard InChI is InChI=1S/C17H34N2O2/c1-15(2)18-11-17(8-6-10-21-14-17)13-19-9-5-7-16(3,12-19)20-4/h15,18H,5-14H2,1-4H3. The molecule has 0 aromatic carbocycles. The number of likely N-dealkylation sites (tertiary alicyclic amines) is 1. The highest BCUT2D eigenvalue weighted by atomic mass is 16.5. The number of rotatable bonds is 6. The zero-order chi connectivity index (χ0) is 15.3. The van der Waals surface area contributed by atoms with Crippen molar-refractivity contribution in [3.63, 3.8) is 0 Å². The molecule has 1 N–H and O–H groups in total. The van der Waals surface area contributed by atoms with Gasteiger partial charge in [-0.25, -0.2) is 0 Å². The summed E-state index contributed by atoms with van der Waals surface area (Å²) in [4.78, 5) is 2.60. The molecular weight excluding hydrogens is 264 g/mol. The van der Waals surface area contributed by atoms with Crippen LogP contribution in [0.4, 0.5) is 0 Å². The van der Waals surface area contributed by atoms with Gasteiger partial charge in [-0.15, -0.1) is 0 Å². The van der Waals surface area contributed by atoms with Gasteiger partial charge in [0.1, 0.15) is 0 Å². The van der Waals surface area contributed by atoms with Crippen LogP contribution in [0, 0.1) is 5.41 Å². The van der Waals surface area contributed by atoms with E-state index in [0.29, 0.717) is 6.04 Å². The van der Waals surface area contributed by atoms with Gasteiger partial charge >= 0.3 is 0 Å². The first-order valence-electron chi connectivity index (χ1n) is 8.56. The predicted octanol–water partition coefficient (Wildman–Crippen LogP) is 2.28. The quantitative estimate of drug-likeness (QED) is 0.816. The van der Waals surface area contributed by atoms with Crippen LogP contribution >= 0.6 is 0 Å². The van der Waals surface area contributed by atoms with Crippen molar-refractivity contribution in [1.29, 1.82) is 0 Å². The van der Waals surface area contributed by atoms with Gasteiger partial charge in [-0.3, -0.25) is 4.90 Å². The average Bonchev–Trinajstić information content (AvgIpc) is 2.46. The summed E-state index contributed by atoms with van der Waals surface area (Å²) in [6.07, 6.45) is 4.87. The Morgan fingerprint density at radius 3 is 2.71 bits per heavy atom. The number of ether oxygens (including phenoxy) is 2. The van der Waals surface area contributed by atoms with Gasteiger partial charge < -0.3 is 14.8 Å². The highest BCUT2D eigenvalue weighted by molar-refractivity contribution is 4.92. The van der Waals surface area contributed by atoms with Crippen molar-refractivity contribution in [2.24, 2.45) is 5.41 Å². The minimum Gasteiger partial charge on any atom is -0.381 e. The molecule has 124 valence electrons. The smallest absolute Gasteiger partial charge is 0.0777 e. The maximum atomic E-state index is 5.84. The molecule has 0 aromatic heterocycles. The summed E-state index contributed by atoms with van der Waals surface area (Å²) >= 11 is 0. The highest BCUT2D eigenvalue weighted by Crippen LogP contribution is 2.32. The van der Waals surface area contributed by atoms with E-state index in [9.17, 15) is 0 Å². The van der Waals surface area contributed by atoms with Gasteiger partial charge in [-0.05, 0) is 39.2 Å². The summed E-state index contributed by atoms with van der Waals surface area (Å²) < 4.78 is 11.6. The molecule has 2 fully saturated rings. The van der Waals surface area contributed by atoms with E-state index in [1.807, 2.05) is 7.11 Å². The van der Waals surface area contributed by atoms with Crippen LogP contribution in [-0.2, 0) is 9.47 Å². The molecule has 2 aliphatic heterocycles. The summed E-state index contributed by atoms with van der Waals surface area (Å²) in [6, 6.07) is 0.536. The predicted molar refractivity (Wildman–Crippen MR) is 86.7 cm³/mol. The van der Waals surface area contributed by atoms with Crippen molar-refractivity contribution in [2.45, 2.75) is 58.1 Å². The van der Waals surface area contributed by atoms with Crippen LogP contribution in [0.1, 0.15) is 46.5 Å². The Bertz CT molecular complexity index is 316. The molecule has 0 saturated carbocycles. The summed E-state index contributed by atoms with van der Waals surface area (Å²) in [5.41, 5.74) is 0.301. The molecule has 4 nitrogen and oxygen atoms in total. The number of methoxy groups -OCH3 is 1. The Morgan fingerprint density at radius 2 is 2.10 bits per heavy atom. The van der Waals surface area contributed by atoms with Crippen LogP contribution in [0.5, 0.6) is 0 Å². The molecule has 2 aliphatic rings. The maximum Gasteiger partial charge on any atom is 0.0777 e. The highest BCUT2D eigenvalue weighted by Gasteiger charge is 2.38. The molecule has 0 amide bonds. The molecule has 4 heteroatoms. The summed E-state index contributed by atoms with van der Waals surface area (Å²) in [7, 11) is 1.85. The summed E-state index contributed by atoms with van der Waals surface area (Å²) in [6.45, 7) is 13.0. The van der Waals surface area contributed by atoms with E-state index in [0.717, 1.165) is 32.8 Å². The van der Waals surface area contributed by atoms with Gasteiger partial charge in [0, 0.05) is 44.8 Å². The number of hydrogen-bond acceptors (Lipinski definition) is 4. The first-order valence-corrected chi connectivity index (χ1v) is 8.56. The molecule has 0 spiro atoms. The van der Waals surface area contributed by atoms with Crippen molar-refractivity contribution < 1.29 is 9.47 Å². The Kier molecular flexibility index (Phi) is 6.06. The Hall–Kier alpha value is -0.160. The largest absolute Gasteiger partial charge is 0.381 e. The molecule has 0 aromatic rings. The van der Waals surface area contributed by atoms with Crippen LogP contribution in [0.25, 0.3) is 0 Å². The van der Waals surface area contributed by atoms with Crippen LogP contribution in [0.2, 0.25) is 0 Å². The Morgan fingerprint density at radius 1 is 1.29 bits per heavy atom. The van der Waals surface area contributed by atoms with Crippen molar-refractivity contribution in [2.75, 3.05) is 46.5 Å². The topological polar surface area (TPSA) is 33.7 Å². The zero-order valence-electron chi connectivity index (χ0n) is 14.4. The van der Waals surface area contributed by atoms with Gasteiger partial charge in [-0.2, -0.15) is 0 Å². The second kappa shape index (κ2) is 7.40. The van der Waals surface area contributed by atoms with E-state index in [-0.39, 0.29) is 11.0 Å². The molecule has 2 atom stereocenters. The molecule has 0 aliphatic carbocycles. The number of hydrogen-bond donors (Lipinski definition) is 1. The lowest BCUT2D eigenvalue weighted by molar-refractivity contribution is -0.0775. The monoisotopic (exact) mass is 298 g/mol. The normalized spacial score (nSPS) is 35.3. The maximum absolute atomic E-state index is 5.84. The Balaban J connectivity index is 1.97. The van der Waals surface area contributed by atoms with E-state index in [2.05, 4.69) is 31.0 Å². The minimum atomic E-state index is 0.0282. The van der Waals surface area contributed by atoms with Crippen molar-refractivity contribution in [3.05, 3.63) is 0 Å². The number of piperidine rings is 1. The average molecular weight is 298 g/mol. The van der Waals surface area contributed by atoms with Crippen molar-refractivity contribution in [3.8, 4) is 0 Å². The van der Waals surface area contributed by atoms with E-state index in [1.54, 1.807) is 0 Å². The fraction of sp³-hybridized carbons (Fsp3) is 1.00. The van der Waals surface area contributed by atoms with Gasteiger partial charge in [0.15, 0.2) is 0 Å². The second-order valence-electron chi connectivity index (χ2n) is 7.66.